The SMILES string of the molecule is Cc1oc(=O)[nH]c1-c1ccccc1C(F)(F)F. The number of aromatic nitrogens is 1. The van der Waals surface area contributed by atoms with Crippen molar-refractivity contribution in [1.82, 2.24) is 4.98 Å². The minimum absolute atomic E-state index is 0.0583. The molecule has 2 aromatic rings. The number of aromatic amines is 1. The lowest BCUT2D eigenvalue weighted by Crippen LogP contribution is -2.07. The Balaban J connectivity index is 2.68. The summed E-state index contributed by atoms with van der Waals surface area (Å²) >= 11 is 0. The predicted octanol–water partition coefficient (Wildman–Crippen LogP) is 2.96. The summed E-state index contributed by atoms with van der Waals surface area (Å²) in [6.07, 6.45) is -4.48. The molecule has 0 aliphatic carbocycles. The lowest BCUT2D eigenvalue weighted by atomic mass is 10.0. The number of benzene rings is 1. The molecule has 17 heavy (non-hydrogen) atoms. The molecule has 3 nitrogen and oxygen atoms in total. The number of halogens is 3. The first-order chi connectivity index (χ1) is 7.89. The second-order valence-corrected chi connectivity index (χ2v) is 3.49. The van der Waals surface area contributed by atoms with Gasteiger partial charge in [-0.3, -0.25) is 4.98 Å². The Bertz CT molecular complexity index is 595. The van der Waals surface area contributed by atoms with Crippen LogP contribution in [0, 0.1) is 6.92 Å². The monoisotopic (exact) mass is 243 g/mol. The van der Waals surface area contributed by atoms with E-state index in [1.54, 1.807) is 0 Å². The molecule has 2 rings (SSSR count). The van der Waals surface area contributed by atoms with Crippen LogP contribution in [-0.4, -0.2) is 4.98 Å². The van der Waals surface area contributed by atoms with Crippen LogP contribution in [0.25, 0.3) is 11.3 Å². The van der Waals surface area contributed by atoms with E-state index in [2.05, 4.69) is 9.40 Å². The lowest BCUT2D eigenvalue weighted by molar-refractivity contribution is -0.137. The molecule has 0 saturated carbocycles. The second-order valence-electron chi connectivity index (χ2n) is 3.49. The van der Waals surface area contributed by atoms with Gasteiger partial charge in [-0.05, 0) is 13.0 Å². The summed E-state index contributed by atoms with van der Waals surface area (Å²) in [5, 5.41) is 0. The molecule has 90 valence electrons. The molecule has 0 radical (unpaired) electrons. The second kappa shape index (κ2) is 3.80. The van der Waals surface area contributed by atoms with Gasteiger partial charge in [-0.1, -0.05) is 18.2 Å². The zero-order valence-electron chi connectivity index (χ0n) is 8.76. The van der Waals surface area contributed by atoms with Gasteiger partial charge in [-0.2, -0.15) is 13.2 Å². The van der Waals surface area contributed by atoms with Crippen molar-refractivity contribution in [3.8, 4) is 11.3 Å². The molecule has 1 heterocycles. The number of oxazole rings is 1. The Kier molecular flexibility index (Phi) is 2.57. The Labute approximate surface area is 93.9 Å². The summed E-state index contributed by atoms with van der Waals surface area (Å²) in [5.74, 6) is -0.638. The van der Waals surface area contributed by atoms with E-state index in [1.807, 2.05) is 0 Å². The summed E-state index contributed by atoms with van der Waals surface area (Å²) in [4.78, 5) is 13.2. The average molecular weight is 243 g/mol. The van der Waals surface area contributed by atoms with Crippen LogP contribution in [0.1, 0.15) is 11.3 Å². The van der Waals surface area contributed by atoms with Gasteiger partial charge in [0, 0.05) is 5.56 Å². The number of aryl methyl sites for hydroxylation is 1. The zero-order valence-corrected chi connectivity index (χ0v) is 8.76. The summed E-state index contributed by atoms with van der Waals surface area (Å²) < 4.78 is 42.9. The molecule has 0 aliphatic heterocycles. The standard InChI is InChI=1S/C11H8F3NO2/c1-6-9(15-10(16)17-6)7-4-2-3-5-8(7)11(12,13)14/h2-5H,1H3,(H,15,16). The van der Waals surface area contributed by atoms with Gasteiger partial charge in [-0.25, -0.2) is 4.79 Å². The highest BCUT2D eigenvalue weighted by atomic mass is 19.4. The van der Waals surface area contributed by atoms with Crippen LogP contribution < -0.4 is 5.76 Å². The van der Waals surface area contributed by atoms with E-state index in [0.717, 1.165) is 6.07 Å². The fourth-order valence-electron chi connectivity index (χ4n) is 1.61. The van der Waals surface area contributed by atoms with Gasteiger partial charge in [-0.15, -0.1) is 0 Å². The molecule has 1 N–H and O–H groups in total. The molecule has 0 fully saturated rings. The molecule has 0 saturated heterocycles. The van der Waals surface area contributed by atoms with Crippen molar-refractivity contribution in [3.63, 3.8) is 0 Å². The zero-order chi connectivity index (χ0) is 12.6. The van der Waals surface area contributed by atoms with E-state index in [0.29, 0.717) is 0 Å². The highest BCUT2D eigenvalue weighted by Gasteiger charge is 2.34. The fraction of sp³-hybridized carbons (Fsp3) is 0.182. The van der Waals surface area contributed by atoms with E-state index < -0.39 is 17.5 Å². The number of nitrogens with one attached hydrogen (secondary N) is 1. The Morgan fingerprint density at radius 2 is 1.88 bits per heavy atom. The van der Waals surface area contributed by atoms with E-state index in [-0.39, 0.29) is 17.0 Å². The maximum atomic E-state index is 12.7. The normalized spacial score (nSPS) is 11.8. The van der Waals surface area contributed by atoms with Gasteiger partial charge < -0.3 is 4.42 Å². The first kappa shape index (κ1) is 11.5. The lowest BCUT2D eigenvalue weighted by Gasteiger charge is -2.11. The smallest absolute Gasteiger partial charge is 0.413 e. The van der Waals surface area contributed by atoms with Crippen molar-refractivity contribution in [3.05, 3.63) is 46.1 Å². The topological polar surface area (TPSA) is 46.0 Å². The highest BCUT2D eigenvalue weighted by molar-refractivity contribution is 5.65. The van der Waals surface area contributed by atoms with Crippen molar-refractivity contribution in [2.24, 2.45) is 0 Å². The predicted molar refractivity (Wildman–Crippen MR) is 54.5 cm³/mol. The van der Waals surface area contributed by atoms with Crippen LogP contribution in [-0.2, 0) is 6.18 Å². The number of alkyl halides is 3. The molecule has 0 atom stereocenters. The van der Waals surface area contributed by atoms with Gasteiger partial charge in [0.2, 0.25) is 0 Å². The van der Waals surface area contributed by atoms with Gasteiger partial charge >= 0.3 is 11.9 Å². The quantitative estimate of drug-likeness (QED) is 0.836. The van der Waals surface area contributed by atoms with Crippen LogP contribution in [0.4, 0.5) is 13.2 Å². The van der Waals surface area contributed by atoms with Crippen LogP contribution in [0.3, 0.4) is 0 Å². The number of hydrogen-bond acceptors (Lipinski definition) is 2. The number of H-pyrrole nitrogens is 1. The number of rotatable bonds is 1. The van der Waals surface area contributed by atoms with Crippen LogP contribution in [0.2, 0.25) is 0 Å². The molecule has 0 spiro atoms. The number of hydrogen-bond donors (Lipinski definition) is 1. The molecule has 1 aromatic carbocycles. The molecular formula is C11H8F3NO2. The fourth-order valence-corrected chi connectivity index (χ4v) is 1.61. The summed E-state index contributed by atoms with van der Waals surface area (Å²) in [5.41, 5.74) is -0.841. The van der Waals surface area contributed by atoms with Gasteiger partial charge in [0.1, 0.15) is 5.76 Å². The van der Waals surface area contributed by atoms with Crippen molar-refractivity contribution < 1.29 is 17.6 Å². The van der Waals surface area contributed by atoms with Crippen molar-refractivity contribution in [1.29, 1.82) is 0 Å². The maximum Gasteiger partial charge on any atom is 0.417 e. The third-order valence-electron chi connectivity index (χ3n) is 2.33. The van der Waals surface area contributed by atoms with Gasteiger partial charge in [0.25, 0.3) is 0 Å². The summed E-state index contributed by atoms with van der Waals surface area (Å²) in [7, 11) is 0. The minimum Gasteiger partial charge on any atom is -0.413 e. The summed E-state index contributed by atoms with van der Waals surface area (Å²) in [6.45, 7) is 1.43. The average Bonchev–Trinajstić information content (AvgIpc) is 2.56. The van der Waals surface area contributed by atoms with E-state index in [9.17, 15) is 18.0 Å². The van der Waals surface area contributed by atoms with Crippen LogP contribution in [0.5, 0.6) is 0 Å². The molecule has 0 amide bonds. The molecule has 0 unspecified atom stereocenters. The van der Waals surface area contributed by atoms with Crippen LogP contribution in [0.15, 0.2) is 33.5 Å². The molecule has 0 aliphatic rings. The molecule has 6 heteroatoms. The van der Waals surface area contributed by atoms with E-state index in [1.165, 1.54) is 25.1 Å². The highest BCUT2D eigenvalue weighted by Crippen LogP contribution is 2.36. The van der Waals surface area contributed by atoms with Crippen molar-refractivity contribution in [2.75, 3.05) is 0 Å². The maximum absolute atomic E-state index is 12.7. The van der Waals surface area contributed by atoms with E-state index in [4.69, 9.17) is 0 Å². The van der Waals surface area contributed by atoms with Gasteiger partial charge in [0.15, 0.2) is 0 Å². The van der Waals surface area contributed by atoms with Gasteiger partial charge in [0.05, 0.1) is 11.3 Å². The Morgan fingerprint density at radius 3 is 2.41 bits per heavy atom. The summed E-state index contributed by atoms with van der Waals surface area (Å²) in [6, 6.07) is 5.01. The molecule has 0 bridgehead atoms. The van der Waals surface area contributed by atoms with Crippen molar-refractivity contribution >= 4 is 0 Å². The third-order valence-corrected chi connectivity index (χ3v) is 2.33. The molecular weight excluding hydrogens is 235 g/mol. The minimum atomic E-state index is -4.48. The first-order valence-electron chi connectivity index (χ1n) is 4.76. The molecule has 1 aromatic heterocycles. The largest absolute Gasteiger partial charge is 0.417 e. The van der Waals surface area contributed by atoms with Crippen LogP contribution >= 0.6 is 0 Å². The third kappa shape index (κ3) is 2.11. The Morgan fingerprint density at radius 1 is 1.24 bits per heavy atom. The first-order valence-corrected chi connectivity index (χ1v) is 4.76. The van der Waals surface area contributed by atoms with E-state index >= 15 is 0 Å². The van der Waals surface area contributed by atoms with Crippen molar-refractivity contribution in [2.45, 2.75) is 13.1 Å². The Hall–Kier alpha value is -1.98.